The van der Waals surface area contributed by atoms with Crippen molar-refractivity contribution in [2.75, 3.05) is 20.2 Å². The predicted molar refractivity (Wildman–Crippen MR) is 60.6 cm³/mol. The number of hydrogen-bond donors (Lipinski definition) is 0. The van der Waals surface area contributed by atoms with E-state index in [1.165, 1.54) is 6.08 Å². The molecule has 1 amide bonds. The van der Waals surface area contributed by atoms with Crippen molar-refractivity contribution in [1.82, 2.24) is 4.90 Å². The zero-order chi connectivity index (χ0) is 11.5. The third-order valence-electron chi connectivity index (χ3n) is 3.55. The van der Waals surface area contributed by atoms with Crippen molar-refractivity contribution in [3.63, 3.8) is 0 Å². The first-order chi connectivity index (χ1) is 7.05. The molecule has 1 aliphatic heterocycles. The quantitative estimate of drug-likeness (QED) is 0.667. The maximum atomic E-state index is 11.4. The fourth-order valence-electron chi connectivity index (χ4n) is 2.25. The van der Waals surface area contributed by atoms with Gasteiger partial charge < -0.3 is 9.64 Å². The third-order valence-corrected chi connectivity index (χ3v) is 3.55. The number of methoxy groups -OCH3 is 1. The van der Waals surface area contributed by atoms with Crippen LogP contribution in [0.1, 0.15) is 26.7 Å². The van der Waals surface area contributed by atoms with Gasteiger partial charge in [-0.3, -0.25) is 4.79 Å². The normalized spacial score (nSPS) is 20.4. The fraction of sp³-hybridized carbons (Fsp3) is 0.750. The van der Waals surface area contributed by atoms with Crippen LogP contribution in [-0.4, -0.2) is 36.6 Å². The van der Waals surface area contributed by atoms with Crippen LogP contribution in [0.3, 0.4) is 0 Å². The van der Waals surface area contributed by atoms with Crippen LogP contribution in [0.15, 0.2) is 12.7 Å². The molecule has 0 bridgehead atoms. The number of likely N-dealkylation sites (tertiary alicyclic amines) is 1. The molecule has 0 aliphatic carbocycles. The summed E-state index contributed by atoms with van der Waals surface area (Å²) in [6, 6.07) is 0. The van der Waals surface area contributed by atoms with E-state index in [0.717, 1.165) is 25.9 Å². The van der Waals surface area contributed by atoms with Crippen molar-refractivity contribution in [1.29, 1.82) is 0 Å². The number of piperidine rings is 1. The van der Waals surface area contributed by atoms with Gasteiger partial charge in [-0.15, -0.1) is 0 Å². The molecule has 0 atom stereocenters. The maximum absolute atomic E-state index is 11.4. The topological polar surface area (TPSA) is 29.5 Å². The molecule has 0 unspecified atom stereocenters. The molecule has 15 heavy (non-hydrogen) atoms. The molecule has 0 aromatic rings. The van der Waals surface area contributed by atoms with Gasteiger partial charge >= 0.3 is 0 Å². The van der Waals surface area contributed by atoms with Gasteiger partial charge in [0, 0.05) is 20.2 Å². The lowest BCUT2D eigenvalue weighted by Gasteiger charge is -2.43. The average molecular weight is 211 g/mol. The van der Waals surface area contributed by atoms with E-state index in [9.17, 15) is 4.79 Å². The number of amides is 1. The second-order valence-corrected chi connectivity index (χ2v) is 4.45. The molecule has 0 aromatic heterocycles. The number of carbonyl (C=O) groups is 1. The van der Waals surface area contributed by atoms with Crippen molar-refractivity contribution in [2.45, 2.75) is 32.3 Å². The van der Waals surface area contributed by atoms with E-state index in [2.05, 4.69) is 20.4 Å². The van der Waals surface area contributed by atoms with E-state index in [1.807, 2.05) is 4.90 Å². The van der Waals surface area contributed by atoms with Gasteiger partial charge in [-0.1, -0.05) is 20.4 Å². The Morgan fingerprint density at radius 3 is 2.33 bits per heavy atom. The summed E-state index contributed by atoms with van der Waals surface area (Å²) >= 11 is 0. The molecule has 86 valence electrons. The van der Waals surface area contributed by atoms with Gasteiger partial charge in [-0.2, -0.15) is 0 Å². The molecule has 3 nitrogen and oxygen atoms in total. The van der Waals surface area contributed by atoms with Gasteiger partial charge in [0.2, 0.25) is 5.91 Å². The molecule has 0 aromatic carbocycles. The van der Waals surface area contributed by atoms with Crippen LogP contribution in [0.4, 0.5) is 0 Å². The van der Waals surface area contributed by atoms with Crippen molar-refractivity contribution in [2.24, 2.45) is 5.92 Å². The van der Waals surface area contributed by atoms with Gasteiger partial charge in [-0.25, -0.2) is 0 Å². The highest BCUT2D eigenvalue weighted by atomic mass is 16.5. The lowest BCUT2D eigenvalue weighted by atomic mass is 9.81. The van der Waals surface area contributed by atoms with Crippen molar-refractivity contribution in [3.8, 4) is 0 Å². The Kier molecular flexibility index (Phi) is 3.91. The first-order valence-electron chi connectivity index (χ1n) is 5.52. The number of ether oxygens (including phenoxy) is 1. The molecule has 0 N–H and O–H groups in total. The summed E-state index contributed by atoms with van der Waals surface area (Å²) in [6.45, 7) is 9.40. The second-order valence-electron chi connectivity index (χ2n) is 4.45. The summed E-state index contributed by atoms with van der Waals surface area (Å²) in [6.07, 6.45) is 3.22. The Morgan fingerprint density at radius 1 is 1.47 bits per heavy atom. The summed E-state index contributed by atoms with van der Waals surface area (Å²) < 4.78 is 5.64. The molecule has 1 aliphatic rings. The van der Waals surface area contributed by atoms with Crippen LogP contribution in [0, 0.1) is 5.92 Å². The first-order valence-corrected chi connectivity index (χ1v) is 5.52. The zero-order valence-corrected chi connectivity index (χ0v) is 9.95. The van der Waals surface area contributed by atoms with Crippen LogP contribution in [0.5, 0.6) is 0 Å². The van der Waals surface area contributed by atoms with Crippen LogP contribution < -0.4 is 0 Å². The molecular formula is C12H21NO2. The summed E-state index contributed by atoms with van der Waals surface area (Å²) in [5.74, 6) is 0.520. The molecular weight excluding hydrogens is 190 g/mol. The van der Waals surface area contributed by atoms with E-state index in [4.69, 9.17) is 4.74 Å². The molecule has 1 rings (SSSR count). The lowest BCUT2D eigenvalue weighted by Crippen LogP contribution is -2.50. The van der Waals surface area contributed by atoms with Gasteiger partial charge in [0.1, 0.15) is 0 Å². The van der Waals surface area contributed by atoms with Crippen LogP contribution in [0.25, 0.3) is 0 Å². The monoisotopic (exact) mass is 211 g/mol. The smallest absolute Gasteiger partial charge is 0.245 e. The van der Waals surface area contributed by atoms with Crippen LogP contribution in [0.2, 0.25) is 0 Å². The third kappa shape index (κ3) is 2.40. The molecule has 0 saturated carbocycles. The Hall–Kier alpha value is -0.830. The van der Waals surface area contributed by atoms with E-state index in [-0.39, 0.29) is 11.5 Å². The molecule has 1 fully saturated rings. The highest BCUT2D eigenvalue weighted by Crippen LogP contribution is 2.32. The summed E-state index contributed by atoms with van der Waals surface area (Å²) in [7, 11) is 1.77. The van der Waals surface area contributed by atoms with Gasteiger partial charge in [0.05, 0.1) is 5.60 Å². The Morgan fingerprint density at radius 2 is 2.00 bits per heavy atom. The standard InChI is InChI=1S/C12H21NO2/c1-5-11(14)13-8-6-12(15-4,7-9-13)10(2)3/h5,10H,1,6-9H2,2-4H3. The Bertz CT molecular complexity index is 240. The van der Waals surface area contributed by atoms with E-state index in [0.29, 0.717) is 5.92 Å². The number of hydrogen-bond acceptors (Lipinski definition) is 2. The van der Waals surface area contributed by atoms with Crippen LogP contribution >= 0.6 is 0 Å². The lowest BCUT2D eigenvalue weighted by molar-refractivity contribution is -0.134. The predicted octanol–water partition coefficient (Wildman–Crippen LogP) is 1.84. The minimum absolute atomic E-state index is 0.0310. The molecule has 0 spiro atoms. The highest BCUT2D eigenvalue weighted by molar-refractivity contribution is 5.87. The SMILES string of the molecule is C=CC(=O)N1CCC(OC)(C(C)C)CC1. The summed E-state index contributed by atoms with van der Waals surface area (Å²) in [5.41, 5.74) is -0.0437. The second kappa shape index (κ2) is 4.79. The van der Waals surface area contributed by atoms with Gasteiger partial charge in [0.25, 0.3) is 0 Å². The molecule has 1 saturated heterocycles. The number of rotatable bonds is 3. The number of nitrogens with zero attached hydrogens (tertiary/aromatic N) is 1. The fourth-order valence-corrected chi connectivity index (χ4v) is 2.25. The summed E-state index contributed by atoms with van der Waals surface area (Å²) in [4.78, 5) is 13.2. The minimum atomic E-state index is -0.0437. The first kappa shape index (κ1) is 12.2. The average Bonchev–Trinajstić information content (AvgIpc) is 2.28. The largest absolute Gasteiger partial charge is 0.378 e. The number of carbonyl (C=O) groups excluding carboxylic acids is 1. The van der Waals surface area contributed by atoms with Gasteiger partial charge in [0.15, 0.2) is 0 Å². The van der Waals surface area contributed by atoms with Crippen molar-refractivity contribution < 1.29 is 9.53 Å². The van der Waals surface area contributed by atoms with E-state index >= 15 is 0 Å². The molecule has 0 radical (unpaired) electrons. The van der Waals surface area contributed by atoms with Crippen molar-refractivity contribution >= 4 is 5.91 Å². The Labute approximate surface area is 92.1 Å². The van der Waals surface area contributed by atoms with E-state index in [1.54, 1.807) is 7.11 Å². The van der Waals surface area contributed by atoms with Gasteiger partial charge in [-0.05, 0) is 24.8 Å². The Balaban J connectivity index is 2.61. The minimum Gasteiger partial charge on any atom is -0.378 e. The molecule has 1 heterocycles. The van der Waals surface area contributed by atoms with Crippen LogP contribution in [-0.2, 0) is 9.53 Å². The summed E-state index contributed by atoms with van der Waals surface area (Å²) in [5, 5.41) is 0. The molecule has 3 heteroatoms. The highest BCUT2D eigenvalue weighted by Gasteiger charge is 2.38. The zero-order valence-electron chi connectivity index (χ0n) is 9.95. The van der Waals surface area contributed by atoms with E-state index < -0.39 is 0 Å². The maximum Gasteiger partial charge on any atom is 0.245 e. The van der Waals surface area contributed by atoms with Crippen molar-refractivity contribution in [3.05, 3.63) is 12.7 Å².